The van der Waals surface area contributed by atoms with Gasteiger partial charge in [-0.05, 0) is 44.9 Å². The summed E-state index contributed by atoms with van der Waals surface area (Å²) >= 11 is 0. The largest absolute Gasteiger partial charge is 0.492 e. The fourth-order valence-corrected chi connectivity index (χ4v) is 2.66. The fraction of sp³-hybridized carbons (Fsp3) is 0.476. The van der Waals surface area contributed by atoms with Gasteiger partial charge in [-0.3, -0.25) is 9.78 Å². The summed E-state index contributed by atoms with van der Waals surface area (Å²) in [6.07, 6.45) is 3.64. The van der Waals surface area contributed by atoms with Crippen molar-refractivity contribution in [3.05, 3.63) is 30.0 Å². The van der Waals surface area contributed by atoms with Gasteiger partial charge in [0.1, 0.15) is 18.1 Å². The molecule has 0 atom stereocenters. The molecule has 1 aromatic carbocycles. The molecular weight excluding hydrogens is 344 g/mol. The van der Waals surface area contributed by atoms with E-state index < -0.39 is 5.41 Å². The van der Waals surface area contributed by atoms with Gasteiger partial charge in [0.15, 0.2) is 0 Å². The highest BCUT2D eigenvalue weighted by atomic mass is 16.5. The first-order valence-corrected chi connectivity index (χ1v) is 9.14. The molecule has 0 unspecified atom stereocenters. The normalized spacial score (nSPS) is 10.7. The summed E-state index contributed by atoms with van der Waals surface area (Å²) < 4.78 is 6.00. The summed E-state index contributed by atoms with van der Waals surface area (Å²) in [5.41, 5.74) is 8.17. The highest BCUT2D eigenvalue weighted by molar-refractivity contribution is 5.95. The first-order chi connectivity index (χ1) is 12.8. The maximum atomic E-state index is 12.3. The van der Waals surface area contributed by atoms with Crippen molar-refractivity contribution in [1.29, 1.82) is 0 Å². The monoisotopic (exact) mass is 372 g/mol. The summed E-state index contributed by atoms with van der Waals surface area (Å²) in [7, 11) is 0. The quantitative estimate of drug-likeness (QED) is 0.753. The molecule has 27 heavy (non-hydrogen) atoms. The van der Waals surface area contributed by atoms with Crippen LogP contribution in [0.1, 0.15) is 52.7 Å². The van der Waals surface area contributed by atoms with Gasteiger partial charge in [-0.1, -0.05) is 26.3 Å². The number of ether oxygens (including phenoxy) is 1. The van der Waals surface area contributed by atoms with E-state index >= 15 is 0 Å². The van der Waals surface area contributed by atoms with Crippen molar-refractivity contribution in [2.75, 3.05) is 12.3 Å². The average molecular weight is 372 g/mol. The molecule has 0 aliphatic heterocycles. The van der Waals surface area contributed by atoms with Gasteiger partial charge >= 0.3 is 6.15 Å². The molecule has 2 rings (SSSR count). The van der Waals surface area contributed by atoms with Gasteiger partial charge in [0.05, 0.1) is 16.3 Å². The van der Waals surface area contributed by atoms with Gasteiger partial charge in [0.25, 0.3) is 0 Å². The summed E-state index contributed by atoms with van der Waals surface area (Å²) in [5, 5.41) is 0.825. The predicted molar refractivity (Wildman–Crippen MR) is 104 cm³/mol. The second-order valence-corrected chi connectivity index (χ2v) is 6.99. The molecule has 6 nitrogen and oxygen atoms in total. The number of rotatable bonds is 8. The van der Waals surface area contributed by atoms with E-state index in [9.17, 15) is 4.79 Å². The van der Waals surface area contributed by atoms with Crippen molar-refractivity contribution in [2.45, 2.75) is 53.4 Å². The van der Waals surface area contributed by atoms with Gasteiger partial charge in [-0.2, -0.15) is 9.59 Å². The molecule has 0 saturated carbocycles. The van der Waals surface area contributed by atoms with Crippen LogP contribution in [0.2, 0.25) is 0 Å². The van der Waals surface area contributed by atoms with Crippen molar-refractivity contribution in [1.82, 2.24) is 4.98 Å². The van der Waals surface area contributed by atoms with Crippen LogP contribution in [0, 0.1) is 5.41 Å². The van der Waals surface area contributed by atoms with Gasteiger partial charge < -0.3 is 10.5 Å². The van der Waals surface area contributed by atoms with Crippen molar-refractivity contribution in [3.63, 3.8) is 0 Å². The van der Waals surface area contributed by atoms with Gasteiger partial charge in [-0.25, -0.2) is 0 Å². The summed E-state index contributed by atoms with van der Waals surface area (Å²) in [5.74, 6) is 0.931. The SMILES string of the molecule is CCCCC(=O)C(C)(C)COc1cccc2nc(CC)cc(N)c12.O=C=O. The highest BCUT2D eigenvalue weighted by Crippen LogP contribution is 2.32. The number of anilines is 1. The molecular formula is C21H28N2O4. The topological polar surface area (TPSA) is 99.3 Å². The minimum atomic E-state index is -0.511. The Balaban J connectivity index is 0.00000114. The average Bonchev–Trinajstić information content (AvgIpc) is 2.64. The van der Waals surface area contributed by atoms with E-state index in [0.29, 0.717) is 24.5 Å². The maximum Gasteiger partial charge on any atom is 0.373 e. The number of nitrogen functional groups attached to an aromatic ring is 1. The van der Waals surface area contributed by atoms with Crippen LogP contribution >= 0.6 is 0 Å². The molecule has 6 heteroatoms. The van der Waals surface area contributed by atoms with Gasteiger partial charge in [0.2, 0.25) is 0 Å². The van der Waals surface area contributed by atoms with Crippen LogP contribution in [0.15, 0.2) is 24.3 Å². The van der Waals surface area contributed by atoms with E-state index in [1.165, 1.54) is 0 Å². The molecule has 0 radical (unpaired) electrons. The number of benzene rings is 1. The van der Waals surface area contributed by atoms with Crippen LogP contribution in [0.25, 0.3) is 10.9 Å². The molecule has 146 valence electrons. The van der Waals surface area contributed by atoms with Crippen molar-refractivity contribution in [3.8, 4) is 5.75 Å². The van der Waals surface area contributed by atoms with E-state index in [-0.39, 0.29) is 11.9 Å². The minimum Gasteiger partial charge on any atom is -0.492 e. The van der Waals surface area contributed by atoms with Crippen molar-refractivity contribution < 1.29 is 19.1 Å². The molecule has 0 spiro atoms. The third kappa shape index (κ3) is 6.19. The van der Waals surface area contributed by atoms with Gasteiger partial charge in [0, 0.05) is 17.8 Å². The molecule has 0 saturated heterocycles. The standard InChI is InChI=1S/C20H28N2O2.CO2/c1-5-7-11-18(23)20(3,4)13-24-17-10-8-9-16-19(17)15(21)12-14(6-2)22-16;2-1-3/h8-10,12H,5-7,11,13H2,1-4H3,(H2,21,22);. The predicted octanol–water partition coefficient (Wildman–Crippen LogP) is 3.96. The zero-order valence-electron chi connectivity index (χ0n) is 16.5. The molecule has 1 heterocycles. The van der Waals surface area contributed by atoms with Crippen LogP contribution < -0.4 is 10.5 Å². The van der Waals surface area contributed by atoms with Crippen LogP contribution in [-0.2, 0) is 20.8 Å². The number of Topliss-reactive ketones (excluding diaryl/α,β-unsaturated/α-hetero) is 1. The Morgan fingerprint density at radius 1 is 1.26 bits per heavy atom. The Bertz CT molecular complexity index is 809. The number of aromatic nitrogens is 1. The molecule has 0 fully saturated rings. The van der Waals surface area contributed by atoms with Crippen molar-refractivity contribution in [2.24, 2.45) is 5.41 Å². The Morgan fingerprint density at radius 3 is 2.52 bits per heavy atom. The number of hydrogen-bond donors (Lipinski definition) is 1. The number of hydrogen-bond acceptors (Lipinski definition) is 6. The molecule has 0 aliphatic rings. The summed E-state index contributed by atoms with van der Waals surface area (Å²) in [6, 6.07) is 7.63. The second kappa shape index (κ2) is 10.4. The third-order valence-electron chi connectivity index (χ3n) is 4.34. The van der Waals surface area contributed by atoms with E-state index in [1.807, 2.05) is 38.1 Å². The lowest BCUT2D eigenvalue weighted by Gasteiger charge is -2.24. The smallest absolute Gasteiger partial charge is 0.373 e. The number of carbonyl (C=O) groups is 1. The zero-order chi connectivity index (χ0) is 20.4. The van der Waals surface area contributed by atoms with Gasteiger partial charge in [-0.15, -0.1) is 0 Å². The number of unbranched alkanes of at least 4 members (excludes halogenated alkanes) is 1. The van der Waals surface area contributed by atoms with E-state index in [1.54, 1.807) is 0 Å². The second-order valence-electron chi connectivity index (χ2n) is 6.99. The zero-order valence-corrected chi connectivity index (χ0v) is 16.5. The molecule has 1 aromatic heterocycles. The first-order valence-electron chi connectivity index (χ1n) is 9.14. The summed E-state index contributed by atoms with van der Waals surface area (Å²) in [4.78, 5) is 33.2. The Kier molecular flexibility index (Phi) is 8.63. The lowest BCUT2D eigenvalue weighted by Crippen LogP contribution is -2.31. The number of pyridine rings is 1. The highest BCUT2D eigenvalue weighted by Gasteiger charge is 2.28. The van der Waals surface area contributed by atoms with Crippen LogP contribution in [0.5, 0.6) is 5.75 Å². The van der Waals surface area contributed by atoms with E-state index in [4.69, 9.17) is 20.1 Å². The number of carbonyl (C=O) groups excluding carboxylic acids is 3. The van der Waals surface area contributed by atoms with Crippen molar-refractivity contribution >= 4 is 28.5 Å². The Morgan fingerprint density at radius 2 is 1.93 bits per heavy atom. The van der Waals surface area contributed by atoms with E-state index in [0.717, 1.165) is 35.9 Å². The summed E-state index contributed by atoms with van der Waals surface area (Å²) in [6.45, 7) is 8.36. The number of nitrogens with zero attached hydrogens (tertiary/aromatic N) is 1. The number of ketones is 1. The van der Waals surface area contributed by atoms with Crippen LogP contribution in [0.4, 0.5) is 5.69 Å². The van der Waals surface area contributed by atoms with Crippen LogP contribution in [-0.4, -0.2) is 23.5 Å². The molecule has 2 aromatic rings. The number of aryl methyl sites for hydroxylation is 1. The third-order valence-corrected chi connectivity index (χ3v) is 4.34. The van der Waals surface area contributed by atoms with E-state index in [2.05, 4.69) is 18.8 Å². The number of fused-ring (bicyclic) bond motifs is 1. The fourth-order valence-electron chi connectivity index (χ4n) is 2.66. The minimum absolute atomic E-state index is 0.240. The molecule has 0 amide bonds. The molecule has 2 N–H and O–H groups in total. The Labute approximate surface area is 160 Å². The number of nitrogens with two attached hydrogens (primary N) is 1. The maximum absolute atomic E-state index is 12.3. The first kappa shape index (κ1) is 22.3. The Hall–Kier alpha value is -2.72. The molecule has 0 aliphatic carbocycles. The lowest BCUT2D eigenvalue weighted by atomic mass is 9.86. The lowest BCUT2D eigenvalue weighted by molar-refractivity contribution is -0.191. The molecule has 0 bridgehead atoms. The van der Waals surface area contributed by atoms with Crippen LogP contribution in [0.3, 0.4) is 0 Å².